The monoisotopic (exact) mass is 358 g/mol. The molecule has 3 rings (SSSR count). The lowest BCUT2D eigenvalue weighted by Gasteiger charge is -2.26. The quantitative estimate of drug-likeness (QED) is 0.841. The number of hydrogen-bond acceptors (Lipinski definition) is 3. The number of aryl methyl sites for hydroxylation is 2. The van der Waals surface area contributed by atoms with Crippen molar-refractivity contribution in [2.75, 3.05) is 0 Å². The van der Waals surface area contributed by atoms with Crippen molar-refractivity contribution in [2.24, 2.45) is 0 Å². The Hall–Kier alpha value is -2.50. The molecule has 0 unspecified atom stereocenters. The van der Waals surface area contributed by atoms with Gasteiger partial charge >= 0.3 is 5.97 Å². The highest BCUT2D eigenvalue weighted by Crippen LogP contribution is 2.32. The summed E-state index contributed by atoms with van der Waals surface area (Å²) >= 11 is 0. The zero-order chi connectivity index (χ0) is 18.8. The van der Waals surface area contributed by atoms with E-state index in [0.29, 0.717) is 23.1 Å². The summed E-state index contributed by atoms with van der Waals surface area (Å²) in [4.78, 5) is 23.7. The Bertz CT molecular complexity index is 825. The van der Waals surface area contributed by atoms with Crippen molar-refractivity contribution in [3.63, 3.8) is 0 Å². The molecule has 0 atom stereocenters. The van der Waals surface area contributed by atoms with Gasteiger partial charge in [0.2, 0.25) is 0 Å². The Balaban J connectivity index is 1.72. The molecule has 2 aromatic rings. The molecule has 6 nitrogen and oxygen atoms in total. The third-order valence-corrected chi connectivity index (χ3v) is 5.29. The number of aromatic carboxylic acids is 1. The van der Waals surface area contributed by atoms with Crippen molar-refractivity contribution in [3.8, 4) is 0 Å². The minimum absolute atomic E-state index is 0.129. The minimum atomic E-state index is -1.03. The van der Waals surface area contributed by atoms with Crippen molar-refractivity contribution in [2.45, 2.75) is 65.5 Å². The van der Waals surface area contributed by atoms with Gasteiger partial charge in [0.15, 0.2) is 0 Å². The molecular weight excluding hydrogens is 332 g/mol. The molecule has 140 valence electrons. The Morgan fingerprint density at radius 1 is 1.15 bits per heavy atom. The fourth-order valence-corrected chi connectivity index (χ4v) is 4.01. The Morgan fingerprint density at radius 2 is 1.85 bits per heavy atom. The van der Waals surface area contributed by atoms with Crippen LogP contribution in [-0.4, -0.2) is 21.6 Å². The van der Waals surface area contributed by atoms with Gasteiger partial charge in [-0.2, -0.15) is 0 Å². The second-order valence-electron chi connectivity index (χ2n) is 7.12. The summed E-state index contributed by atoms with van der Waals surface area (Å²) in [5.74, 6) is -0.405. The van der Waals surface area contributed by atoms with Gasteiger partial charge in [-0.05, 0) is 45.7 Å². The number of rotatable bonds is 5. The number of carbonyl (C=O) groups is 2. The van der Waals surface area contributed by atoms with Gasteiger partial charge in [0.05, 0.1) is 12.1 Å². The van der Waals surface area contributed by atoms with Gasteiger partial charge in [-0.15, -0.1) is 0 Å². The smallest absolute Gasteiger partial charge is 0.339 e. The molecule has 2 aromatic heterocycles. The number of carboxylic acid groups (broad SMARTS) is 1. The Kier molecular flexibility index (Phi) is 5.20. The molecule has 1 fully saturated rings. The zero-order valence-electron chi connectivity index (χ0n) is 15.6. The average Bonchev–Trinajstić information content (AvgIpc) is 3.13. The molecule has 0 aromatic carbocycles. The van der Waals surface area contributed by atoms with Gasteiger partial charge in [-0.1, -0.05) is 19.3 Å². The maximum absolute atomic E-state index is 12.6. The van der Waals surface area contributed by atoms with E-state index >= 15 is 0 Å². The third kappa shape index (κ3) is 3.54. The number of aromatic nitrogens is 1. The number of furan rings is 1. The molecule has 1 aliphatic carbocycles. The van der Waals surface area contributed by atoms with E-state index in [1.54, 1.807) is 6.92 Å². The highest BCUT2D eigenvalue weighted by Gasteiger charge is 2.23. The largest absolute Gasteiger partial charge is 0.478 e. The van der Waals surface area contributed by atoms with Crippen LogP contribution in [0, 0.1) is 20.8 Å². The molecule has 0 saturated heterocycles. The molecule has 0 spiro atoms. The van der Waals surface area contributed by atoms with E-state index in [2.05, 4.69) is 9.88 Å². The van der Waals surface area contributed by atoms with Crippen LogP contribution in [0.15, 0.2) is 16.5 Å². The standard InChI is InChI=1S/C20H26N2O4/c1-12-9-17(13(2)22(12)15-7-5-4-6-8-15)19(23)21-11-16-10-18(20(24)25)14(3)26-16/h9-10,15H,4-8,11H2,1-3H3,(H,21,23)(H,24,25). The molecule has 1 saturated carbocycles. The van der Waals surface area contributed by atoms with Crippen LogP contribution in [0.1, 0.15) is 81.8 Å². The van der Waals surface area contributed by atoms with Crippen LogP contribution in [0.4, 0.5) is 0 Å². The number of amides is 1. The molecule has 1 amide bonds. The predicted octanol–water partition coefficient (Wildman–Crippen LogP) is 4.14. The normalized spacial score (nSPS) is 15.2. The fraction of sp³-hybridized carbons (Fsp3) is 0.500. The summed E-state index contributed by atoms with van der Waals surface area (Å²) in [7, 11) is 0. The number of carboxylic acids is 1. The molecule has 6 heteroatoms. The fourth-order valence-electron chi connectivity index (χ4n) is 4.01. The van der Waals surface area contributed by atoms with Gasteiger partial charge in [0, 0.05) is 17.4 Å². The maximum Gasteiger partial charge on any atom is 0.339 e. The highest BCUT2D eigenvalue weighted by atomic mass is 16.4. The first-order chi connectivity index (χ1) is 12.4. The second-order valence-corrected chi connectivity index (χ2v) is 7.12. The van der Waals surface area contributed by atoms with Gasteiger partial charge < -0.3 is 19.4 Å². The van der Waals surface area contributed by atoms with Crippen LogP contribution in [0.25, 0.3) is 0 Å². The summed E-state index contributed by atoms with van der Waals surface area (Å²) in [6.45, 7) is 5.82. The molecule has 2 N–H and O–H groups in total. The molecular formula is C20H26N2O4. The summed E-state index contributed by atoms with van der Waals surface area (Å²) in [5.41, 5.74) is 2.91. The van der Waals surface area contributed by atoms with Crippen molar-refractivity contribution in [3.05, 3.63) is 46.2 Å². The Morgan fingerprint density at radius 3 is 2.46 bits per heavy atom. The highest BCUT2D eigenvalue weighted by molar-refractivity contribution is 5.95. The van der Waals surface area contributed by atoms with E-state index < -0.39 is 5.97 Å². The molecule has 0 radical (unpaired) electrons. The third-order valence-electron chi connectivity index (χ3n) is 5.29. The van der Waals surface area contributed by atoms with Gasteiger partial charge in [0.25, 0.3) is 5.91 Å². The summed E-state index contributed by atoms with van der Waals surface area (Å²) in [5, 5.41) is 11.9. The minimum Gasteiger partial charge on any atom is -0.478 e. The topological polar surface area (TPSA) is 84.5 Å². The molecule has 2 heterocycles. The van der Waals surface area contributed by atoms with Crippen LogP contribution >= 0.6 is 0 Å². The first-order valence-electron chi connectivity index (χ1n) is 9.17. The molecule has 0 bridgehead atoms. The van der Waals surface area contributed by atoms with Crippen molar-refractivity contribution in [1.29, 1.82) is 0 Å². The molecule has 1 aliphatic rings. The number of hydrogen-bond donors (Lipinski definition) is 2. The first-order valence-corrected chi connectivity index (χ1v) is 9.17. The molecule has 0 aliphatic heterocycles. The van der Waals surface area contributed by atoms with Crippen LogP contribution in [0.5, 0.6) is 0 Å². The number of carbonyl (C=O) groups excluding carboxylic acids is 1. The SMILES string of the molecule is Cc1oc(CNC(=O)c2cc(C)n(C3CCCCC3)c2C)cc1C(=O)O. The lowest BCUT2D eigenvalue weighted by atomic mass is 9.95. The second kappa shape index (κ2) is 7.40. The van der Waals surface area contributed by atoms with Crippen LogP contribution in [0.2, 0.25) is 0 Å². The van der Waals surface area contributed by atoms with Crippen LogP contribution < -0.4 is 5.32 Å². The first kappa shape index (κ1) is 18.3. The van der Waals surface area contributed by atoms with Gasteiger partial charge in [-0.25, -0.2) is 4.79 Å². The lowest BCUT2D eigenvalue weighted by Crippen LogP contribution is -2.23. The van der Waals surface area contributed by atoms with E-state index in [4.69, 9.17) is 9.52 Å². The van der Waals surface area contributed by atoms with Crippen molar-refractivity contribution < 1.29 is 19.1 Å². The van der Waals surface area contributed by atoms with E-state index in [-0.39, 0.29) is 18.0 Å². The maximum atomic E-state index is 12.6. The number of nitrogens with zero attached hydrogens (tertiary/aromatic N) is 1. The summed E-state index contributed by atoms with van der Waals surface area (Å²) in [6, 6.07) is 3.88. The van der Waals surface area contributed by atoms with Gasteiger partial charge in [0.1, 0.15) is 17.1 Å². The summed E-state index contributed by atoms with van der Waals surface area (Å²) in [6.07, 6.45) is 6.12. The van der Waals surface area contributed by atoms with E-state index in [9.17, 15) is 9.59 Å². The molecule has 26 heavy (non-hydrogen) atoms. The summed E-state index contributed by atoms with van der Waals surface area (Å²) < 4.78 is 7.72. The average molecular weight is 358 g/mol. The van der Waals surface area contributed by atoms with Crippen LogP contribution in [0.3, 0.4) is 0 Å². The van der Waals surface area contributed by atoms with E-state index in [1.807, 2.05) is 19.9 Å². The van der Waals surface area contributed by atoms with E-state index in [1.165, 1.54) is 38.2 Å². The lowest BCUT2D eigenvalue weighted by molar-refractivity contribution is 0.0694. The Labute approximate surface area is 153 Å². The van der Waals surface area contributed by atoms with Crippen molar-refractivity contribution >= 4 is 11.9 Å². The van der Waals surface area contributed by atoms with Gasteiger partial charge in [-0.3, -0.25) is 4.79 Å². The van der Waals surface area contributed by atoms with E-state index in [0.717, 1.165) is 11.4 Å². The predicted molar refractivity (Wildman–Crippen MR) is 97.6 cm³/mol. The number of nitrogens with one attached hydrogen (secondary N) is 1. The van der Waals surface area contributed by atoms with Crippen molar-refractivity contribution in [1.82, 2.24) is 9.88 Å². The zero-order valence-corrected chi connectivity index (χ0v) is 15.6. The van der Waals surface area contributed by atoms with Crippen LogP contribution in [-0.2, 0) is 6.54 Å².